The topological polar surface area (TPSA) is 43.8 Å². The van der Waals surface area contributed by atoms with Gasteiger partial charge in [-0.25, -0.2) is 4.98 Å². The van der Waals surface area contributed by atoms with Crippen LogP contribution in [-0.2, 0) is 13.0 Å². The molecule has 2 aromatic rings. The highest BCUT2D eigenvalue weighted by molar-refractivity contribution is 9.10. The number of rotatable bonds is 6. The van der Waals surface area contributed by atoms with Gasteiger partial charge in [0.15, 0.2) is 0 Å². The van der Waals surface area contributed by atoms with Gasteiger partial charge in [-0.1, -0.05) is 47.8 Å². The van der Waals surface area contributed by atoms with E-state index in [1.807, 2.05) is 18.2 Å². The number of nitrogens with two attached hydrogens (primary N) is 1. The van der Waals surface area contributed by atoms with Crippen LogP contribution in [0.4, 0.5) is 5.82 Å². The van der Waals surface area contributed by atoms with E-state index in [1.165, 1.54) is 0 Å². The molecule has 0 amide bonds. The van der Waals surface area contributed by atoms with Gasteiger partial charge in [-0.3, -0.25) is 0 Å². The zero-order chi connectivity index (χ0) is 15.4. The Morgan fingerprint density at radius 3 is 2.71 bits per heavy atom. The fourth-order valence-electron chi connectivity index (χ4n) is 2.37. The van der Waals surface area contributed by atoms with Crippen molar-refractivity contribution in [2.45, 2.75) is 46.1 Å². The number of aryl methyl sites for hydroxylation is 1. The second-order valence-corrected chi connectivity index (χ2v) is 6.46. The molecule has 0 radical (unpaired) electrons. The first-order valence-electron chi connectivity index (χ1n) is 7.38. The van der Waals surface area contributed by atoms with E-state index in [0.29, 0.717) is 10.8 Å². The van der Waals surface area contributed by atoms with Gasteiger partial charge in [-0.05, 0) is 31.0 Å². The monoisotopic (exact) mass is 369 g/mol. The van der Waals surface area contributed by atoms with Crippen molar-refractivity contribution < 1.29 is 0 Å². The maximum atomic E-state index is 6.35. The first-order valence-corrected chi connectivity index (χ1v) is 8.55. The van der Waals surface area contributed by atoms with Crippen LogP contribution < -0.4 is 5.73 Å². The molecule has 1 heterocycles. The highest BCUT2D eigenvalue weighted by Gasteiger charge is 2.17. The van der Waals surface area contributed by atoms with Crippen LogP contribution >= 0.6 is 27.5 Å². The van der Waals surface area contributed by atoms with Gasteiger partial charge in [0.1, 0.15) is 17.3 Å². The van der Waals surface area contributed by atoms with Gasteiger partial charge in [0, 0.05) is 23.0 Å². The van der Waals surface area contributed by atoms with Crippen molar-refractivity contribution in [2.24, 2.45) is 0 Å². The zero-order valence-corrected chi connectivity index (χ0v) is 14.8. The average molecular weight is 371 g/mol. The van der Waals surface area contributed by atoms with Gasteiger partial charge in [0.05, 0.1) is 5.02 Å². The summed E-state index contributed by atoms with van der Waals surface area (Å²) >= 11 is 9.80. The molecule has 0 bridgehead atoms. The quantitative estimate of drug-likeness (QED) is 0.749. The molecular formula is C16H21BrClN3. The third-order valence-corrected chi connectivity index (χ3v) is 4.30. The van der Waals surface area contributed by atoms with Gasteiger partial charge in [-0.15, -0.1) is 0 Å². The van der Waals surface area contributed by atoms with Crippen LogP contribution in [0.25, 0.3) is 11.3 Å². The van der Waals surface area contributed by atoms with Crippen LogP contribution in [0.5, 0.6) is 0 Å². The van der Waals surface area contributed by atoms with E-state index in [0.717, 1.165) is 53.8 Å². The van der Waals surface area contributed by atoms with Gasteiger partial charge >= 0.3 is 0 Å². The fraction of sp³-hybridized carbons (Fsp3) is 0.438. The van der Waals surface area contributed by atoms with Crippen molar-refractivity contribution in [3.05, 3.63) is 33.5 Å². The molecule has 21 heavy (non-hydrogen) atoms. The molecule has 0 saturated heterocycles. The maximum absolute atomic E-state index is 6.35. The number of nitrogen functional groups attached to an aromatic ring is 1. The Bertz CT molecular complexity index is 622. The Hall–Kier alpha value is -1.00. The number of unbranched alkanes of at least 4 members (excludes halogenated alkanes) is 1. The summed E-state index contributed by atoms with van der Waals surface area (Å²) in [7, 11) is 0. The van der Waals surface area contributed by atoms with Crippen molar-refractivity contribution in [3.63, 3.8) is 0 Å². The summed E-state index contributed by atoms with van der Waals surface area (Å²) in [5.74, 6) is 1.77. The first-order chi connectivity index (χ1) is 10.1. The lowest BCUT2D eigenvalue weighted by Gasteiger charge is -2.08. The Balaban J connectivity index is 2.51. The highest BCUT2D eigenvalue weighted by Crippen LogP contribution is 2.34. The second kappa shape index (κ2) is 7.32. The maximum Gasteiger partial charge on any atom is 0.131 e. The number of halogens is 2. The number of hydrogen-bond donors (Lipinski definition) is 1. The van der Waals surface area contributed by atoms with Crippen molar-refractivity contribution in [1.29, 1.82) is 0 Å². The van der Waals surface area contributed by atoms with Crippen LogP contribution in [0.2, 0.25) is 5.02 Å². The fourth-order valence-corrected chi connectivity index (χ4v) is 2.94. The summed E-state index contributed by atoms with van der Waals surface area (Å²) in [4.78, 5) is 4.76. The van der Waals surface area contributed by atoms with Crippen LogP contribution in [0.3, 0.4) is 0 Å². The van der Waals surface area contributed by atoms with Gasteiger partial charge in [-0.2, -0.15) is 0 Å². The molecule has 0 aliphatic rings. The summed E-state index contributed by atoms with van der Waals surface area (Å²) < 4.78 is 3.11. The Kier molecular flexibility index (Phi) is 5.71. The summed E-state index contributed by atoms with van der Waals surface area (Å²) in [5.41, 5.74) is 8.03. The molecule has 3 nitrogen and oxygen atoms in total. The SMILES string of the molecule is CCCCn1c(CCC)nc(-c2cc(Br)ccc2Cl)c1N. The molecule has 0 saturated carbocycles. The van der Waals surface area contributed by atoms with Gasteiger partial charge in [0.25, 0.3) is 0 Å². The number of imidazole rings is 1. The first kappa shape index (κ1) is 16.4. The summed E-state index contributed by atoms with van der Waals surface area (Å²) in [6, 6.07) is 5.76. The molecule has 2 N–H and O–H groups in total. The predicted octanol–water partition coefficient (Wildman–Crippen LogP) is 5.30. The minimum absolute atomic E-state index is 0.674. The minimum Gasteiger partial charge on any atom is -0.383 e. The molecule has 2 rings (SSSR count). The van der Waals surface area contributed by atoms with Crippen LogP contribution in [0.15, 0.2) is 22.7 Å². The molecule has 0 aliphatic heterocycles. The van der Waals surface area contributed by atoms with E-state index in [4.69, 9.17) is 22.3 Å². The third kappa shape index (κ3) is 3.61. The third-order valence-electron chi connectivity index (χ3n) is 3.48. The zero-order valence-electron chi connectivity index (χ0n) is 12.5. The number of nitrogens with zero attached hydrogens (tertiary/aromatic N) is 2. The smallest absolute Gasteiger partial charge is 0.131 e. The van der Waals surface area contributed by atoms with E-state index < -0.39 is 0 Å². The van der Waals surface area contributed by atoms with Crippen molar-refractivity contribution >= 4 is 33.3 Å². The lowest BCUT2D eigenvalue weighted by Crippen LogP contribution is -2.07. The Morgan fingerprint density at radius 1 is 1.29 bits per heavy atom. The number of aromatic nitrogens is 2. The van der Waals surface area contributed by atoms with E-state index in [-0.39, 0.29) is 0 Å². The highest BCUT2D eigenvalue weighted by atomic mass is 79.9. The molecule has 1 aromatic heterocycles. The minimum atomic E-state index is 0.674. The molecule has 0 aliphatic carbocycles. The number of hydrogen-bond acceptors (Lipinski definition) is 2. The van der Waals surface area contributed by atoms with Crippen molar-refractivity contribution in [1.82, 2.24) is 9.55 Å². The van der Waals surface area contributed by atoms with E-state index in [9.17, 15) is 0 Å². The Labute approximate surface area is 139 Å². The number of anilines is 1. The molecular weight excluding hydrogens is 350 g/mol. The number of benzene rings is 1. The standard InChI is InChI=1S/C16H21BrClN3/c1-3-5-9-21-14(6-4-2)20-15(16(21)19)12-10-11(17)7-8-13(12)18/h7-8,10H,3-6,9,19H2,1-2H3. The van der Waals surface area contributed by atoms with Crippen LogP contribution in [-0.4, -0.2) is 9.55 Å². The van der Waals surface area contributed by atoms with E-state index in [2.05, 4.69) is 34.3 Å². The summed E-state index contributed by atoms with van der Waals surface area (Å²) in [6.07, 6.45) is 4.22. The van der Waals surface area contributed by atoms with Gasteiger partial charge < -0.3 is 10.3 Å². The normalized spacial score (nSPS) is 11.0. The lowest BCUT2D eigenvalue weighted by molar-refractivity contribution is 0.604. The molecule has 0 fully saturated rings. The van der Waals surface area contributed by atoms with Crippen molar-refractivity contribution in [2.75, 3.05) is 5.73 Å². The van der Waals surface area contributed by atoms with E-state index >= 15 is 0 Å². The molecule has 0 spiro atoms. The predicted molar refractivity (Wildman–Crippen MR) is 93.7 cm³/mol. The molecule has 1 aromatic carbocycles. The summed E-state index contributed by atoms with van der Waals surface area (Å²) in [5, 5.41) is 0.674. The van der Waals surface area contributed by atoms with E-state index in [1.54, 1.807) is 0 Å². The molecule has 0 unspecified atom stereocenters. The second-order valence-electron chi connectivity index (χ2n) is 5.14. The lowest BCUT2D eigenvalue weighted by atomic mass is 10.1. The van der Waals surface area contributed by atoms with Crippen LogP contribution in [0.1, 0.15) is 38.9 Å². The van der Waals surface area contributed by atoms with Crippen LogP contribution in [0, 0.1) is 0 Å². The molecule has 0 atom stereocenters. The molecule has 5 heteroatoms. The summed E-state index contributed by atoms with van der Waals surface area (Å²) in [6.45, 7) is 5.25. The Morgan fingerprint density at radius 2 is 2.05 bits per heavy atom. The molecule has 114 valence electrons. The van der Waals surface area contributed by atoms with Gasteiger partial charge in [0.2, 0.25) is 0 Å². The average Bonchev–Trinajstić information content (AvgIpc) is 2.76. The largest absolute Gasteiger partial charge is 0.383 e. The van der Waals surface area contributed by atoms with Crippen molar-refractivity contribution in [3.8, 4) is 11.3 Å².